The number of aromatic nitrogens is 2. The number of hydrogen-bond donors (Lipinski definition) is 2. The van der Waals surface area contributed by atoms with Gasteiger partial charge in [0.1, 0.15) is 5.82 Å². The molecular formula is C24H38N6O. The number of hydrogen-bond acceptors (Lipinski definition) is 4. The summed E-state index contributed by atoms with van der Waals surface area (Å²) in [5, 5.41) is 6.79. The second kappa shape index (κ2) is 12.5. The van der Waals surface area contributed by atoms with Crippen LogP contribution >= 0.6 is 0 Å². The molecule has 0 aliphatic carbocycles. The molecule has 2 N–H and O–H groups in total. The Morgan fingerprint density at radius 2 is 2.10 bits per heavy atom. The zero-order valence-corrected chi connectivity index (χ0v) is 19.3. The normalized spacial score (nSPS) is 17.8. The summed E-state index contributed by atoms with van der Waals surface area (Å²) in [6, 6.07) is 10.5. The second-order valence-corrected chi connectivity index (χ2v) is 8.50. The quantitative estimate of drug-likeness (QED) is 0.451. The summed E-state index contributed by atoms with van der Waals surface area (Å²) in [5.74, 6) is 2.59. The number of benzene rings is 1. The first-order valence-electron chi connectivity index (χ1n) is 11.5. The molecule has 2 heterocycles. The molecule has 1 aliphatic rings. The van der Waals surface area contributed by atoms with Crippen LogP contribution in [0.3, 0.4) is 0 Å². The van der Waals surface area contributed by atoms with Crippen molar-refractivity contribution < 1.29 is 4.74 Å². The molecule has 0 saturated carbocycles. The summed E-state index contributed by atoms with van der Waals surface area (Å²) in [7, 11) is 0. The summed E-state index contributed by atoms with van der Waals surface area (Å²) in [6.07, 6.45) is 4.92. The fourth-order valence-corrected chi connectivity index (χ4v) is 3.89. The summed E-state index contributed by atoms with van der Waals surface area (Å²) in [5.41, 5.74) is 1.28. The van der Waals surface area contributed by atoms with E-state index in [9.17, 15) is 0 Å². The van der Waals surface area contributed by atoms with Crippen molar-refractivity contribution in [2.75, 3.05) is 45.9 Å². The number of rotatable bonds is 10. The number of aliphatic imine (C=N–C) groups is 1. The highest BCUT2D eigenvalue weighted by molar-refractivity contribution is 5.79. The molecule has 0 spiro atoms. The highest BCUT2D eigenvalue weighted by atomic mass is 16.5. The molecule has 0 bridgehead atoms. The highest BCUT2D eigenvalue weighted by Crippen LogP contribution is 2.09. The summed E-state index contributed by atoms with van der Waals surface area (Å²) in [4.78, 5) is 11.8. The smallest absolute Gasteiger partial charge is 0.191 e. The van der Waals surface area contributed by atoms with Crippen LogP contribution in [0.25, 0.3) is 0 Å². The minimum Gasteiger partial charge on any atom is -0.374 e. The highest BCUT2D eigenvalue weighted by Gasteiger charge is 2.20. The van der Waals surface area contributed by atoms with Crippen LogP contribution in [0.5, 0.6) is 0 Å². The Balaban J connectivity index is 1.48. The van der Waals surface area contributed by atoms with Crippen LogP contribution in [0.4, 0.5) is 0 Å². The molecule has 7 nitrogen and oxygen atoms in total. The third kappa shape index (κ3) is 7.99. The number of ether oxygens (including phenoxy) is 1. The first-order valence-corrected chi connectivity index (χ1v) is 11.5. The molecule has 2 aromatic rings. The van der Waals surface area contributed by atoms with Crippen LogP contribution in [-0.2, 0) is 17.7 Å². The van der Waals surface area contributed by atoms with Crippen LogP contribution in [-0.4, -0.2) is 72.4 Å². The lowest BCUT2D eigenvalue weighted by Gasteiger charge is -2.33. The zero-order chi connectivity index (χ0) is 21.9. The monoisotopic (exact) mass is 426 g/mol. The summed E-state index contributed by atoms with van der Waals surface area (Å²) >= 11 is 0. The van der Waals surface area contributed by atoms with E-state index in [1.807, 2.05) is 18.5 Å². The average molecular weight is 427 g/mol. The van der Waals surface area contributed by atoms with Gasteiger partial charge in [0.05, 0.1) is 19.3 Å². The average Bonchev–Trinajstić information content (AvgIpc) is 3.19. The molecule has 7 heteroatoms. The van der Waals surface area contributed by atoms with E-state index in [-0.39, 0.29) is 6.10 Å². The molecule has 170 valence electrons. The molecular weight excluding hydrogens is 388 g/mol. The van der Waals surface area contributed by atoms with E-state index in [1.165, 1.54) is 5.56 Å². The van der Waals surface area contributed by atoms with Crippen molar-refractivity contribution in [3.8, 4) is 0 Å². The number of morpholine rings is 1. The van der Waals surface area contributed by atoms with E-state index < -0.39 is 0 Å². The van der Waals surface area contributed by atoms with Gasteiger partial charge in [-0.3, -0.25) is 9.89 Å². The molecule has 1 fully saturated rings. The van der Waals surface area contributed by atoms with Gasteiger partial charge < -0.3 is 19.9 Å². The Morgan fingerprint density at radius 3 is 2.87 bits per heavy atom. The lowest BCUT2D eigenvalue weighted by Crippen LogP contribution is -2.46. The topological polar surface area (TPSA) is 66.7 Å². The lowest BCUT2D eigenvalue weighted by atomic mass is 10.2. The first kappa shape index (κ1) is 23.3. The Kier molecular flexibility index (Phi) is 9.37. The van der Waals surface area contributed by atoms with E-state index >= 15 is 0 Å². The van der Waals surface area contributed by atoms with Crippen LogP contribution in [0.2, 0.25) is 0 Å². The fraction of sp³-hybridized carbons (Fsp3) is 0.583. The summed E-state index contributed by atoms with van der Waals surface area (Å²) in [6.45, 7) is 13.6. The van der Waals surface area contributed by atoms with Crippen LogP contribution in [0, 0.1) is 5.92 Å². The molecule has 0 amide bonds. The Morgan fingerprint density at radius 1 is 1.26 bits per heavy atom. The maximum atomic E-state index is 5.94. The molecule has 1 aliphatic heterocycles. The first-order chi connectivity index (χ1) is 15.1. The number of guanidine groups is 1. The SMILES string of the molecule is CCNC(=NCC1CN(CC(C)C)CCO1)NCCc1nccn1Cc1ccccc1. The minimum absolute atomic E-state index is 0.160. The van der Waals surface area contributed by atoms with Gasteiger partial charge in [-0.15, -0.1) is 0 Å². The van der Waals surface area contributed by atoms with Gasteiger partial charge in [0.2, 0.25) is 0 Å². The Bertz CT molecular complexity index is 788. The van der Waals surface area contributed by atoms with Crippen molar-refractivity contribution in [3.05, 3.63) is 54.1 Å². The number of nitrogens with one attached hydrogen (secondary N) is 2. The van der Waals surface area contributed by atoms with E-state index in [1.54, 1.807) is 0 Å². The van der Waals surface area contributed by atoms with Gasteiger partial charge in [-0.2, -0.15) is 0 Å². The van der Waals surface area contributed by atoms with Crippen molar-refractivity contribution in [1.82, 2.24) is 25.1 Å². The predicted molar refractivity (Wildman–Crippen MR) is 126 cm³/mol. The maximum absolute atomic E-state index is 5.94. The molecule has 1 saturated heterocycles. The van der Waals surface area contributed by atoms with Gasteiger partial charge >= 0.3 is 0 Å². The second-order valence-electron chi connectivity index (χ2n) is 8.50. The van der Waals surface area contributed by atoms with Gasteiger partial charge in [0.15, 0.2) is 5.96 Å². The molecule has 0 radical (unpaired) electrons. The molecule has 1 aromatic heterocycles. The van der Waals surface area contributed by atoms with Crippen molar-refractivity contribution in [1.29, 1.82) is 0 Å². The van der Waals surface area contributed by atoms with E-state index in [4.69, 9.17) is 9.73 Å². The van der Waals surface area contributed by atoms with Crippen molar-refractivity contribution in [3.63, 3.8) is 0 Å². The van der Waals surface area contributed by atoms with E-state index in [2.05, 4.69) is 70.1 Å². The van der Waals surface area contributed by atoms with Crippen molar-refractivity contribution in [2.45, 2.75) is 39.8 Å². The van der Waals surface area contributed by atoms with Crippen LogP contribution in [0.15, 0.2) is 47.7 Å². The van der Waals surface area contributed by atoms with E-state index in [0.29, 0.717) is 12.5 Å². The Labute approximate surface area is 186 Å². The van der Waals surface area contributed by atoms with Crippen molar-refractivity contribution in [2.24, 2.45) is 10.9 Å². The van der Waals surface area contributed by atoms with Gasteiger partial charge in [-0.1, -0.05) is 44.2 Å². The third-order valence-electron chi connectivity index (χ3n) is 5.28. The van der Waals surface area contributed by atoms with Gasteiger partial charge in [-0.25, -0.2) is 4.98 Å². The van der Waals surface area contributed by atoms with Gasteiger partial charge in [0.25, 0.3) is 0 Å². The maximum Gasteiger partial charge on any atom is 0.191 e. The largest absolute Gasteiger partial charge is 0.374 e. The minimum atomic E-state index is 0.160. The molecule has 1 atom stereocenters. The summed E-state index contributed by atoms with van der Waals surface area (Å²) < 4.78 is 8.14. The van der Waals surface area contributed by atoms with Crippen molar-refractivity contribution >= 4 is 5.96 Å². The number of nitrogens with zero attached hydrogens (tertiary/aromatic N) is 4. The molecule has 31 heavy (non-hydrogen) atoms. The van der Waals surface area contributed by atoms with E-state index in [0.717, 1.165) is 64.1 Å². The van der Waals surface area contributed by atoms with Gasteiger partial charge in [-0.05, 0) is 18.4 Å². The lowest BCUT2D eigenvalue weighted by molar-refractivity contribution is -0.0261. The molecule has 1 unspecified atom stereocenters. The molecule has 3 rings (SSSR count). The number of imidazole rings is 1. The molecule has 1 aromatic carbocycles. The fourth-order valence-electron chi connectivity index (χ4n) is 3.89. The standard InChI is InChI=1S/C24H38N6O/c1-4-25-24(28-16-22-19-29(14-15-31-22)17-20(2)3)27-11-10-23-26-12-13-30(23)18-21-8-6-5-7-9-21/h5-9,12-13,20,22H,4,10-11,14-19H2,1-3H3,(H2,25,27,28). The van der Waals surface area contributed by atoms with Crippen LogP contribution in [0.1, 0.15) is 32.2 Å². The zero-order valence-electron chi connectivity index (χ0n) is 19.3. The van der Waals surface area contributed by atoms with Gasteiger partial charge in [0, 0.05) is 58.1 Å². The van der Waals surface area contributed by atoms with Crippen LogP contribution < -0.4 is 10.6 Å². The predicted octanol–water partition coefficient (Wildman–Crippen LogP) is 2.39. The Hall–Kier alpha value is -2.38. The third-order valence-corrected chi connectivity index (χ3v) is 5.28.